The van der Waals surface area contributed by atoms with Gasteiger partial charge >= 0.3 is 0 Å². The summed E-state index contributed by atoms with van der Waals surface area (Å²) in [7, 11) is 0. The summed E-state index contributed by atoms with van der Waals surface area (Å²) in [4.78, 5) is 2.38. The molecule has 2 saturated heterocycles. The molecule has 1 aliphatic carbocycles. The van der Waals surface area contributed by atoms with E-state index >= 15 is 0 Å². The van der Waals surface area contributed by atoms with E-state index in [-0.39, 0.29) is 18.0 Å². The molecular weight excluding hydrogens is 281 g/mol. The molecule has 3 atom stereocenters. The summed E-state index contributed by atoms with van der Waals surface area (Å²) >= 11 is 0. The quantitative estimate of drug-likeness (QED) is 0.835. The number of benzene rings is 1. The van der Waals surface area contributed by atoms with Gasteiger partial charge < -0.3 is 9.47 Å². The number of nitrogens with zero attached hydrogens (tertiary/aromatic N) is 1. The highest BCUT2D eigenvalue weighted by atomic mass is 19.1. The van der Waals surface area contributed by atoms with E-state index in [2.05, 4.69) is 4.90 Å². The van der Waals surface area contributed by atoms with Crippen molar-refractivity contribution in [1.82, 2.24) is 4.90 Å². The van der Waals surface area contributed by atoms with Gasteiger partial charge in [-0.2, -0.15) is 0 Å². The van der Waals surface area contributed by atoms with Crippen molar-refractivity contribution in [2.24, 2.45) is 5.92 Å². The molecule has 22 heavy (non-hydrogen) atoms. The van der Waals surface area contributed by atoms with Gasteiger partial charge in [0.1, 0.15) is 5.82 Å². The molecule has 3 aliphatic rings. The zero-order valence-electron chi connectivity index (χ0n) is 12.9. The summed E-state index contributed by atoms with van der Waals surface area (Å²) in [6.45, 7) is 3.33. The summed E-state index contributed by atoms with van der Waals surface area (Å²) in [6.07, 6.45) is 5.05. The van der Waals surface area contributed by atoms with Gasteiger partial charge in [0.25, 0.3) is 0 Å². The Bertz CT molecular complexity index is 520. The number of piperidine rings is 1. The topological polar surface area (TPSA) is 21.7 Å². The zero-order valence-corrected chi connectivity index (χ0v) is 12.9. The fourth-order valence-corrected chi connectivity index (χ4v) is 3.73. The van der Waals surface area contributed by atoms with Gasteiger partial charge in [-0.1, -0.05) is 18.2 Å². The van der Waals surface area contributed by atoms with Crippen LogP contribution in [0.15, 0.2) is 24.3 Å². The summed E-state index contributed by atoms with van der Waals surface area (Å²) in [5, 5.41) is 0. The third-order valence-electron chi connectivity index (χ3n) is 5.21. The van der Waals surface area contributed by atoms with Crippen LogP contribution < -0.4 is 0 Å². The van der Waals surface area contributed by atoms with Crippen LogP contribution in [0.2, 0.25) is 0 Å². The summed E-state index contributed by atoms with van der Waals surface area (Å²) in [5.74, 6) is 0.682. The number of rotatable bonds is 5. The molecule has 0 spiro atoms. The molecule has 2 aliphatic heterocycles. The standard InChI is InChI=1S/C18H24FNO2/c19-15-4-2-1-3-14(15)11-20-9-7-17(22-12-13-5-6-13)18-16(20)8-10-21-18/h1-4,13,16-18H,5-12H2/t16-,17+,18-/m0/s1. The Morgan fingerprint density at radius 2 is 2.05 bits per heavy atom. The van der Waals surface area contributed by atoms with E-state index in [0.717, 1.165) is 44.1 Å². The van der Waals surface area contributed by atoms with Crippen LogP contribution in [-0.4, -0.2) is 42.9 Å². The summed E-state index contributed by atoms with van der Waals surface area (Å²) in [6, 6.07) is 7.46. The van der Waals surface area contributed by atoms with Gasteiger partial charge in [0.2, 0.25) is 0 Å². The summed E-state index contributed by atoms with van der Waals surface area (Å²) in [5.41, 5.74) is 0.783. The highest BCUT2D eigenvalue weighted by molar-refractivity contribution is 5.17. The van der Waals surface area contributed by atoms with Crippen LogP contribution in [0.1, 0.15) is 31.2 Å². The lowest BCUT2D eigenvalue weighted by Crippen LogP contribution is -2.53. The van der Waals surface area contributed by atoms with Crippen molar-refractivity contribution in [2.75, 3.05) is 19.8 Å². The van der Waals surface area contributed by atoms with Crippen LogP contribution in [-0.2, 0) is 16.0 Å². The van der Waals surface area contributed by atoms with E-state index in [4.69, 9.17) is 9.47 Å². The first kappa shape index (κ1) is 14.6. The van der Waals surface area contributed by atoms with Crippen LogP contribution in [0, 0.1) is 11.7 Å². The number of ether oxygens (including phenoxy) is 2. The second-order valence-corrected chi connectivity index (χ2v) is 6.86. The molecule has 2 heterocycles. The van der Waals surface area contributed by atoms with Gasteiger partial charge in [-0.25, -0.2) is 4.39 Å². The van der Waals surface area contributed by atoms with E-state index in [1.165, 1.54) is 12.8 Å². The Morgan fingerprint density at radius 3 is 2.86 bits per heavy atom. The number of hydrogen-bond donors (Lipinski definition) is 0. The third-order valence-corrected chi connectivity index (χ3v) is 5.21. The minimum absolute atomic E-state index is 0.106. The molecular formula is C18H24FNO2. The maximum absolute atomic E-state index is 13.9. The average molecular weight is 305 g/mol. The molecule has 3 fully saturated rings. The maximum Gasteiger partial charge on any atom is 0.127 e. The largest absolute Gasteiger partial charge is 0.375 e. The van der Waals surface area contributed by atoms with Crippen LogP contribution >= 0.6 is 0 Å². The van der Waals surface area contributed by atoms with Crippen molar-refractivity contribution >= 4 is 0 Å². The predicted octanol–water partition coefficient (Wildman–Crippen LogP) is 2.98. The SMILES string of the molecule is Fc1ccccc1CN1CC[C@@H](OCC2CC2)[C@H]2OCC[C@@H]21. The highest BCUT2D eigenvalue weighted by Crippen LogP contribution is 2.34. The zero-order chi connectivity index (χ0) is 14.9. The van der Waals surface area contributed by atoms with Crippen molar-refractivity contribution < 1.29 is 13.9 Å². The molecule has 0 amide bonds. The predicted molar refractivity (Wildman–Crippen MR) is 82.0 cm³/mol. The average Bonchev–Trinajstić information content (AvgIpc) is 3.22. The molecule has 4 heteroatoms. The fraction of sp³-hybridized carbons (Fsp3) is 0.667. The lowest BCUT2D eigenvalue weighted by molar-refractivity contribution is -0.102. The lowest BCUT2D eigenvalue weighted by Gasteiger charge is -2.41. The van der Waals surface area contributed by atoms with Gasteiger partial charge in [-0.15, -0.1) is 0 Å². The van der Waals surface area contributed by atoms with Crippen molar-refractivity contribution in [3.63, 3.8) is 0 Å². The van der Waals surface area contributed by atoms with Crippen molar-refractivity contribution in [3.05, 3.63) is 35.6 Å². The minimum atomic E-state index is -0.106. The smallest absolute Gasteiger partial charge is 0.127 e. The van der Waals surface area contributed by atoms with Gasteiger partial charge in [0.05, 0.1) is 12.2 Å². The van der Waals surface area contributed by atoms with Gasteiger partial charge in [-0.05, 0) is 37.7 Å². The number of halogens is 1. The first-order valence-electron chi connectivity index (χ1n) is 8.52. The fourth-order valence-electron chi connectivity index (χ4n) is 3.73. The number of likely N-dealkylation sites (tertiary alicyclic amines) is 1. The highest BCUT2D eigenvalue weighted by Gasteiger charge is 2.43. The Hall–Kier alpha value is -0.970. The van der Waals surface area contributed by atoms with E-state index in [9.17, 15) is 4.39 Å². The van der Waals surface area contributed by atoms with Gasteiger partial charge in [-0.3, -0.25) is 4.90 Å². The molecule has 0 bridgehead atoms. The van der Waals surface area contributed by atoms with Crippen LogP contribution in [0.25, 0.3) is 0 Å². The van der Waals surface area contributed by atoms with E-state index in [1.807, 2.05) is 12.1 Å². The second-order valence-electron chi connectivity index (χ2n) is 6.86. The Balaban J connectivity index is 1.41. The molecule has 4 rings (SSSR count). The number of fused-ring (bicyclic) bond motifs is 1. The van der Waals surface area contributed by atoms with E-state index < -0.39 is 0 Å². The molecule has 120 valence electrons. The molecule has 0 unspecified atom stereocenters. The van der Waals surface area contributed by atoms with Crippen LogP contribution in [0.4, 0.5) is 4.39 Å². The van der Waals surface area contributed by atoms with Crippen molar-refractivity contribution in [2.45, 2.75) is 50.5 Å². The number of hydrogen-bond acceptors (Lipinski definition) is 3. The minimum Gasteiger partial charge on any atom is -0.375 e. The molecule has 0 radical (unpaired) electrons. The summed E-state index contributed by atoms with van der Waals surface area (Å²) < 4.78 is 26.0. The third kappa shape index (κ3) is 3.05. The first-order valence-corrected chi connectivity index (χ1v) is 8.52. The van der Waals surface area contributed by atoms with Crippen molar-refractivity contribution in [3.8, 4) is 0 Å². The molecule has 3 nitrogen and oxygen atoms in total. The Labute approximate surface area is 131 Å². The monoisotopic (exact) mass is 305 g/mol. The molecule has 0 N–H and O–H groups in total. The van der Waals surface area contributed by atoms with E-state index in [1.54, 1.807) is 12.1 Å². The Kier molecular flexibility index (Phi) is 4.16. The van der Waals surface area contributed by atoms with Crippen LogP contribution in [0.3, 0.4) is 0 Å². The van der Waals surface area contributed by atoms with Gasteiger partial charge in [0.15, 0.2) is 0 Å². The van der Waals surface area contributed by atoms with E-state index in [0.29, 0.717) is 12.6 Å². The molecule has 1 aromatic rings. The molecule has 0 aromatic heterocycles. The molecule has 1 aromatic carbocycles. The lowest BCUT2D eigenvalue weighted by atomic mass is 9.95. The normalized spacial score (nSPS) is 32.1. The van der Waals surface area contributed by atoms with Crippen molar-refractivity contribution in [1.29, 1.82) is 0 Å². The second kappa shape index (κ2) is 6.26. The van der Waals surface area contributed by atoms with Crippen LogP contribution in [0.5, 0.6) is 0 Å². The van der Waals surface area contributed by atoms with Gasteiger partial charge in [0, 0.05) is 37.9 Å². The molecule has 1 saturated carbocycles. The first-order chi connectivity index (χ1) is 10.8. The maximum atomic E-state index is 13.9. The Morgan fingerprint density at radius 1 is 1.18 bits per heavy atom.